The van der Waals surface area contributed by atoms with Crippen LogP contribution in [0.5, 0.6) is 0 Å². The molecular weight excluding hydrogens is 357 g/mol. The van der Waals surface area contributed by atoms with Crippen molar-refractivity contribution in [3.8, 4) is 6.07 Å². The average Bonchev–Trinajstić information content (AvgIpc) is 2.49. The minimum atomic E-state index is -4.99. The Bertz CT molecular complexity index is 655. The van der Waals surface area contributed by atoms with Crippen LogP contribution in [0.2, 0.25) is 0 Å². The second-order valence-electron chi connectivity index (χ2n) is 4.46. The summed E-state index contributed by atoms with van der Waals surface area (Å²) in [6.07, 6.45) is -5.13. The second kappa shape index (κ2) is 7.78. The molecule has 0 aromatic heterocycles. The Morgan fingerprint density at radius 3 is 2.00 bits per heavy atom. The lowest BCUT2D eigenvalue weighted by Crippen LogP contribution is -2.28. The van der Waals surface area contributed by atoms with Crippen molar-refractivity contribution < 1.29 is 23.0 Å². The lowest BCUT2D eigenvalue weighted by molar-refractivity contribution is -0.393. The van der Waals surface area contributed by atoms with E-state index in [2.05, 4.69) is 0 Å². The normalized spacial score (nSPS) is 11.0. The Hall–Kier alpha value is -2.61. The molecule has 1 aromatic rings. The van der Waals surface area contributed by atoms with Gasteiger partial charge >= 0.3 is 6.18 Å². The first-order valence-electron chi connectivity index (χ1n) is 6.35. The molecule has 0 saturated heterocycles. The van der Waals surface area contributed by atoms with Crippen molar-refractivity contribution in [1.29, 1.82) is 5.26 Å². The fraction of sp³-hybridized carbons (Fsp3) is 0.417. The molecule has 0 aliphatic heterocycles. The number of nitrogens with zero attached hydrogens (tertiary/aromatic N) is 4. The molecule has 0 amide bonds. The van der Waals surface area contributed by atoms with E-state index in [-0.39, 0.29) is 37.5 Å². The second-order valence-corrected chi connectivity index (χ2v) is 4.84. The molecule has 0 aliphatic rings. The van der Waals surface area contributed by atoms with Gasteiger partial charge in [-0.3, -0.25) is 20.2 Å². The predicted octanol–water partition coefficient (Wildman–Crippen LogP) is 3.48. The lowest BCUT2D eigenvalue weighted by atomic mass is 10.1. The first-order valence-corrected chi connectivity index (χ1v) is 6.88. The minimum absolute atomic E-state index is 0.0965. The maximum Gasteiger partial charge on any atom is 0.416 e. The summed E-state index contributed by atoms with van der Waals surface area (Å²) in [5, 5.41) is 30.9. The number of rotatable bonds is 7. The summed E-state index contributed by atoms with van der Waals surface area (Å²) in [6.45, 7) is -0.271. The van der Waals surface area contributed by atoms with E-state index in [9.17, 15) is 33.4 Å². The highest BCUT2D eigenvalue weighted by atomic mass is 35.5. The summed E-state index contributed by atoms with van der Waals surface area (Å²) in [5.74, 6) is -0.0965. The maximum absolute atomic E-state index is 12.8. The summed E-state index contributed by atoms with van der Waals surface area (Å²) in [5.41, 5.74) is -4.25. The number of halogens is 4. The maximum atomic E-state index is 12.8. The molecule has 12 heteroatoms. The molecular formula is C12H10ClF3N4O4. The predicted molar refractivity (Wildman–Crippen MR) is 77.9 cm³/mol. The smallest absolute Gasteiger partial charge is 0.358 e. The first kappa shape index (κ1) is 19.4. The van der Waals surface area contributed by atoms with E-state index in [1.165, 1.54) is 0 Å². The third kappa shape index (κ3) is 4.45. The average molecular weight is 367 g/mol. The molecule has 8 nitrogen and oxygen atoms in total. The van der Waals surface area contributed by atoms with E-state index in [1.807, 2.05) is 0 Å². The van der Waals surface area contributed by atoms with Gasteiger partial charge in [0.25, 0.3) is 11.4 Å². The van der Waals surface area contributed by atoms with Crippen LogP contribution in [0, 0.1) is 31.6 Å². The number of anilines is 1. The monoisotopic (exact) mass is 366 g/mol. The fourth-order valence-corrected chi connectivity index (χ4v) is 2.20. The Kier molecular flexibility index (Phi) is 6.30. The highest BCUT2D eigenvalue weighted by Gasteiger charge is 2.39. The number of nitriles is 1. The third-order valence-electron chi connectivity index (χ3n) is 2.95. The number of benzene rings is 1. The molecule has 1 rings (SSSR count). The zero-order valence-corrected chi connectivity index (χ0v) is 12.7. The molecule has 130 valence electrons. The summed E-state index contributed by atoms with van der Waals surface area (Å²) in [6, 6.07) is 2.22. The van der Waals surface area contributed by atoms with Crippen LogP contribution >= 0.6 is 11.6 Å². The quantitative estimate of drug-likeness (QED) is 0.414. The van der Waals surface area contributed by atoms with E-state index in [4.69, 9.17) is 16.9 Å². The van der Waals surface area contributed by atoms with Crippen LogP contribution < -0.4 is 4.90 Å². The molecule has 0 fully saturated rings. The van der Waals surface area contributed by atoms with Crippen molar-refractivity contribution in [2.24, 2.45) is 0 Å². The number of alkyl halides is 4. The molecule has 0 N–H and O–H groups in total. The van der Waals surface area contributed by atoms with Gasteiger partial charge in [0, 0.05) is 31.1 Å². The van der Waals surface area contributed by atoms with E-state index in [1.54, 1.807) is 6.07 Å². The van der Waals surface area contributed by atoms with Crippen LogP contribution in [0.25, 0.3) is 0 Å². The standard InChI is InChI=1S/C12H10ClF3N4O4/c13-2-5-18(4-1-3-17)11-9(19(21)22)6-8(12(14,15)16)7-10(11)20(23)24/h6-7H,1-2,4-5H2. The largest absolute Gasteiger partial charge is 0.416 e. The first-order chi connectivity index (χ1) is 11.1. The molecule has 0 unspecified atom stereocenters. The van der Waals surface area contributed by atoms with Gasteiger partial charge in [0.05, 0.1) is 27.9 Å². The molecule has 1 aromatic carbocycles. The number of nitro groups is 2. The van der Waals surface area contributed by atoms with Crippen LogP contribution in [0.4, 0.5) is 30.2 Å². The van der Waals surface area contributed by atoms with Crippen molar-refractivity contribution in [2.75, 3.05) is 23.9 Å². The number of nitro benzene ring substituents is 2. The molecule has 0 spiro atoms. The Labute approximate surface area is 138 Å². The van der Waals surface area contributed by atoms with Gasteiger partial charge < -0.3 is 4.90 Å². The van der Waals surface area contributed by atoms with E-state index in [0.717, 1.165) is 4.90 Å². The molecule has 24 heavy (non-hydrogen) atoms. The SMILES string of the molecule is N#CCCN(CCCl)c1c([N+](=O)[O-])cc(C(F)(F)F)cc1[N+](=O)[O-]. The number of hydrogen-bond acceptors (Lipinski definition) is 6. The van der Waals surface area contributed by atoms with E-state index in [0.29, 0.717) is 0 Å². The summed E-state index contributed by atoms with van der Waals surface area (Å²) >= 11 is 5.55. The fourth-order valence-electron chi connectivity index (χ4n) is 1.99. The molecule has 0 bridgehead atoms. The Balaban J connectivity index is 3.68. The van der Waals surface area contributed by atoms with E-state index >= 15 is 0 Å². The molecule has 0 saturated carbocycles. The molecule has 0 atom stereocenters. The Morgan fingerprint density at radius 1 is 1.17 bits per heavy atom. The van der Waals surface area contributed by atoms with Crippen molar-refractivity contribution in [3.05, 3.63) is 37.9 Å². The van der Waals surface area contributed by atoms with Gasteiger partial charge in [-0.2, -0.15) is 18.4 Å². The van der Waals surface area contributed by atoms with E-state index < -0.39 is 38.6 Å². The highest BCUT2D eigenvalue weighted by Crippen LogP contribution is 2.43. The summed E-state index contributed by atoms with van der Waals surface area (Å²) < 4.78 is 38.5. The molecule has 0 radical (unpaired) electrons. The summed E-state index contributed by atoms with van der Waals surface area (Å²) in [7, 11) is 0. The lowest BCUT2D eigenvalue weighted by Gasteiger charge is -2.22. The van der Waals surface area contributed by atoms with Gasteiger partial charge in [-0.1, -0.05) is 0 Å². The zero-order chi connectivity index (χ0) is 18.5. The van der Waals surface area contributed by atoms with Crippen LogP contribution in [0.15, 0.2) is 12.1 Å². The Morgan fingerprint density at radius 2 is 1.67 bits per heavy atom. The van der Waals surface area contributed by atoms with Gasteiger partial charge in [0.1, 0.15) is 0 Å². The van der Waals surface area contributed by atoms with Gasteiger partial charge in [-0.05, 0) is 0 Å². The zero-order valence-electron chi connectivity index (χ0n) is 11.9. The van der Waals surface area contributed by atoms with Crippen LogP contribution in [-0.4, -0.2) is 28.8 Å². The van der Waals surface area contributed by atoms with Crippen LogP contribution in [0.3, 0.4) is 0 Å². The van der Waals surface area contributed by atoms with Gasteiger partial charge in [0.2, 0.25) is 0 Å². The van der Waals surface area contributed by atoms with Gasteiger partial charge in [-0.15, -0.1) is 11.6 Å². The van der Waals surface area contributed by atoms with Crippen LogP contribution in [0.1, 0.15) is 12.0 Å². The topological polar surface area (TPSA) is 113 Å². The van der Waals surface area contributed by atoms with Crippen molar-refractivity contribution in [3.63, 3.8) is 0 Å². The van der Waals surface area contributed by atoms with Gasteiger partial charge in [-0.25, -0.2) is 0 Å². The van der Waals surface area contributed by atoms with Gasteiger partial charge in [0.15, 0.2) is 5.69 Å². The highest BCUT2D eigenvalue weighted by molar-refractivity contribution is 6.18. The van der Waals surface area contributed by atoms with Crippen molar-refractivity contribution in [1.82, 2.24) is 0 Å². The molecule has 0 aliphatic carbocycles. The minimum Gasteiger partial charge on any atom is -0.358 e. The van der Waals surface area contributed by atoms with Crippen molar-refractivity contribution >= 4 is 28.7 Å². The third-order valence-corrected chi connectivity index (χ3v) is 3.12. The molecule has 0 heterocycles. The van der Waals surface area contributed by atoms with Crippen molar-refractivity contribution in [2.45, 2.75) is 12.6 Å². The number of hydrogen-bond donors (Lipinski definition) is 0. The summed E-state index contributed by atoms with van der Waals surface area (Å²) in [4.78, 5) is 21.1. The van der Waals surface area contributed by atoms with Crippen LogP contribution in [-0.2, 0) is 6.18 Å².